The lowest BCUT2D eigenvalue weighted by atomic mass is 9.96. The maximum atomic E-state index is 15.6. The average molecular weight is 931 g/mol. The number of halogens is 8. The minimum atomic E-state index is -3.93. The molecule has 3 N–H and O–H groups in total. The Morgan fingerprint density at radius 1 is 1.03 bits per heavy atom. The van der Waals surface area contributed by atoms with E-state index in [1.165, 1.54) is 48.1 Å². The van der Waals surface area contributed by atoms with E-state index in [9.17, 15) is 40.3 Å². The first-order valence-corrected chi connectivity index (χ1v) is 21.9. The Morgan fingerprint density at radius 3 is 2.45 bits per heavy atom. The van der Waals surface area contributed by atoms with Gasteiger partial charge in [0.1, 0.15) is 41.2 Å². The van der Waals surface area contributed by atoms with Gasteiger partial charge in [-0.05, 0) is 77.4 Å². The van der Waals surface area contributed by atoms with E-state index in [0.717, 1.165) is 29.0 Å². The largest absolute Gasteiger partial charge is 0.392 e. The van der Waals surface area contributed by atoms with Crippen LogP contribution in [0.25, 0.3) is 27.1 Å². The van der Waals surface area contributed by atoms with E-state index < -0.39 is 106 Å². The third-order valence-electron chi connectivity index (χ3n) is 11.7. The maximum absolute atomic E-state index is 15.6. The number of rotatable bonds is 12. The normalized spacial score (nSPS) is 19.0. The molecule has 1 amide bonds. The molecule has 0 spiro atoms. The third-order valence-corrected chi connectivity index (χ3v) is 12.6. The summed E-state index contributed by atoms with van der Waals surface area (Å²) in [6.45, 7) is -1.50. The van der Waals surface area contributed by atoms with Crippen LogP contribution < -0.4 is 15.6 Å². The molecule has 3 heterocycles. The summed E-state index contributed by atoms with van der Waals surface area (Å²) >= 11 is 6.66. The number of sulfonamides is 1. The molecule has 6 aromatic rings. The minimum Gasteiger partial charge on any atom is -0.392 e. The van der Waals surface area contributed by atoms with Crippen molar-refractivity contribution in [2.75, 3.05) is 11.0 Å². The first kappa shape index (κ1) is 43.2. The van der Waals surface area contributed by atoms with Crippen molar-refractivity contribution >= 4 is 49.3 Å². The lowest BCUT2D eigenvalue weighted by Gasteiger charge is -2.30. The molecular formula is C42H34ClF7N8O5S. The van der Waals surface area contributed by atoms with Gasteiger partial charge in [-0.1, -0.05) is 29.8 Å². The molecule has 334 valence electrons. The number of alkyl halides is 4. The van der Waals surface area contributed by atoms with Crippen LogP contribution in [-0.2, 0) is 47.4 Å². The van der Waals surface area contributed by atoms with Crippen molar-refractivity contribution in [2.24, 2.45) is 13.0 Å². The smallest absolute Gasteiger partial charge is 0.293 e. The maximum Gasteiger partial charge on any atom is 0.293 e. The molecule has 0 saturated heterocycles. The summed E-state index contributed by atoms with van der Waals surface area (Å²) < 4.78 is 134. The Morgan fingerprint density at radius 2 is 1.77 bits per heavy atom. The van der Waals surface area contributed by atoms with Crippen molar-refractivity contribution < 1.29 is 49.1 Å². The van der Waals surface area contributed by atoms with Crippen molar-refractivity contribution in [3.8, 4) is 11.1 Å². The van der Waals surface area contributed by atoms with Gasteiger partial charge in [-0.15, -0.1) is 0 Å². The zero-order chi connectivity index (χ0) is 45.7. The number of carbonyl (C=O) groups excluding carboxylic acids is 1. The van der Waals surface area contributed by atoms with Gasteiger partial charge in [-0.25, -0.2) is 35.4 Å². The fourth-order valence-corrected chi connectivity index (χ4v) is 9.84. The van der Waals surface area contributed by atoms with E-state index in [0.29, 0.717) is 21.9 Å². The van der Waals surface area contributed by atoms with Gasteiger partial charge in [0.05, 0.1) is 47.1 Å². The van der Waals surface area contributed by atoms with Gasteiger partial charge in [0.25, 0.3) is 17.9 Å². The Hall–Kier alpha value is -6.06. The summed E-state index contributed by atoms with van der Waals surface area (Å²) in [5.74, 6) is -9.85. The summed E-state index contributed by atoms with van der Waals surface area (Å²) in [6, 6.07) is 7.82. The van der Waals surface area contributed by atoms with E-state index >= 15 is 13.6 Å². The second-order valence-corrected chi connectivity index (χ2v) is 18.2. The Labute approximate surface area is 363 Å². The predicted octanol–water partition coefficient (Wildman–Crippen LogP) is 7.09. The van der Waals surface area contributed by atoms with Gasteiger partial charge in [0, 0.05) is 36.0 Å². The van der Waals surface area contributed by atoms with Gasteiger partial charge in [0.2, 0.25) is 15.9 Å². The fourth-order valence-electron chi connectivity index (χ4n) is 9.07. The number of aryl methyl sites for hydroxylation is 1. The Bertz CT molecular complexity index is 3130. The molecule has 3 aliphatic carbocycles. The van der Waals surface area contributed by atoms with Crippen LogP contribution in [0, 0.1) is 23.4 Å². The van der Waals surface area contributed by atoms with Gasteiger partial charge in [-0.3, -0.25) is 28.2 Å². The van der Waals surface area contributed by atoms with Crippen LogP contribution in [-0.4, -0.2) is 54.8 Å². The molecule has 13 nitrogen and oxygen atoms in total. The first-order valence-electron chi connectivity index (χ1n) is 19.6. The molecule has 0 aliphatic heterocycles. The molecule has 3 aromatic heterocycles. The van der Waals surface area contributed by atoms with Gasteiger partial charge in [-0.2, -0.15) is 19.0 Å². The molecule has 2 unspecified atom stereocenters. The number of amides is 1. The number of allylic oxidation sites excluding steroid dienone is 1. The Kier molecular flexibility index (Phi) is 10.5. The molecule has 22 heteroatoms. The SMILES string of the molecule is Cn1nc(NS(C)(=O)=O)c2c1C(n1c([C@H](Cc3cc(F)cc(F)c3)NC(=O)Cn3nc(C(F)F)c4c3C(F)(F)[C@H]3CC43)nc3cc(-c4cc(F)ccc4CO)ccc3c1=O)CC=C2Cl. The van der Waals surface area contributed by atoms with E-state index in [4.69, 9.17) is 16.6 Å². The zero-order valence-corrected chi connectivity index (χ0v) is 35.0. The second-order valence-electron chi connectivity index (χ2n) is 16.0. The van der Waals surface area contributed by atoms with Gasteiger partial charge >= 0.3 is 0 Å². The third kappa shape index (κ3) is 7.51. The zero-order valence-electron chi connectivity index (χ0n) is 33.4. The highest BCUT2D eigenvalue weighted by Crippen LogP contribution is 2.68. The van der Waals surface area contributed by atoms with Crippen LogP contribution in [0.2, 0.25) is 0 Å². The quantitative estimate of drug-likeness (QED) is 0.110. The molecule has 1 saturated carbocycles. The number of fused-ring (bicyclic) bond motifs is 5. The van der Waals surface area contributed by atoms with E-state index in [1.807, 2.05) is 0 Å². The standard InChI is InChI=1S/C42H34ClF7N8O5S/c1-56-36-31(8-7-28(43)34(36)39(54-56)55-64(2,62)63)58-40(52-29-12-19(4-6-24(29)41(58)61)25-14-21(44)5-3-20(25)17-59)30(11-18-9-22(45)13-23(46)10-18)51-32(60)16-57-37-33(35(53-57)38(47)48)26-15-27(26)42(37,49)50/h3-7,9-10,12-14,26-27,30-31,38,59H,8,11,15-17H2,1-2H3,(H,51,60)(H,54,55)/t26?,27-,30-,31?/m0/s1. The highest BCUT2D eigenvalue weighted by atomic mass is 35.5. The molecule has 0 bridgehead atoms. The van der Waals surface area contributed by atoms with E-state index in [1.54, 1.807) is 0 Å². The molecule has 3 aliphatic rings. The second kappa shape index (κ2) is 15.6. The molecular weight excluding hydrogens is 897 g/mol. The van der Waals surface area contributed by atoms with Crippen LogP contribution in [0.1, 0.15) is 82.4 Å². The van der Waals surface area contributed by atoms with Crippen LogP contribution in [0.4, 0.5) is 36.6 Å². The fraction of sp³-hybridized carbons (Fsp3) is 0.310. The summed E-state index contributed by atoms with van der Waals surface area (Å²) in [7, 11) is -2.47. The van der Waals surface area contributed by atoms with E-state index in [2.05, 4.69) is 20.2 Å². The number of nitrogens with zero attached hydrogens (tertiary/aromatic N) is 6. The molecule has 1 fully saturated rings. The lowest BCUT2D eigenvalue weighted by molar-refractivity contribution is -0.123. The Balaban J connectivity index is 1.24. The summed E-state index contributed by atoms with van der Waals surface area (Å²) in [5, 5.41) is 20.8. The summed E-state index contributed by atoms with van der Waals surface area (Å²) in [4.78, 5) is 34.1. The van der Waals surface area contributed by atoms with Crippen molar-refractivity contribution in [3.05, 3.63) is 134 Å². The number of aromatic nitrogens is 6. The number of hydrogen-bond donors (Lipinski definition) is 3. The molecule has 0 radical (unpaired) electrons. The van der Waals surface area contributed by atoms with Crippen LogP contribution in [0.3, 0.4) is 0 Å². The molecule has 3 aromatic carbocycles. The number of carbonyl (C=O) groups is 1. The monoisotopic (exact) mass is 930 g/mol. The first-order chi connectivity index (χ1) is 30.2. The van der Waals surface area contributed by atoms with Crippen molar-refractivity contribution in [1.29, 1.82) is 0 Å². The van der Waals surface area contributed by atoms with E-state index in [-0.39, 0.29) is 68.4 Å². The topological polar surface area (TPSA) is 166 Å². The molecule has 4 atom stereocenters. The van der Waals surface area contributed by atoms with Crippen LogP contribution in [0.5, 0.6) is 0 Å². The number of benzene rings is 3. The lowest BCUT2D eigenvalue weighted by Crippen LogP contribution is -2.40. The number of aliphatic hydroxyl groups is 1. The number of anilines is 1. The van der Waals surface area contributed by atoms with Crippen molar-refractivity contribution in [1.82, 2.24) is 34.4 Å². The van der Waals surface area contributed by atoms with Crippen molar-refractivity contribution in [2.45, 2.75) is 62.8 Å². The predicted molar refractivity (Wildman–Crippen MR) is 218 cm³/mol. The van der Waals surface area contributed by atoms with Gasteiger partial charge in [0.15, 0.2) is 5.82 Å². The number of aliphatic hydroxyl groups excluding tert-OH is 1. The molecule has 64 heavy (non-hydrogen) atoms. The van der Waals surface area contributed by atoms with Crippen LogP contribution >= 0.6 is 11.6 Å². The highest BCUT2D eigenvalue weighted by molar-refractivity contribution is 7.92. The van der Waals surface area contributed by atoms with Crippen LogP contribution in [0.15, 0.2) is 65.5 Å². The number of hydrogen-bond acceptors (Lipinski definition) is 8. The summed E-state index contributed by atoms with van der Waals surface area (Å²) in [6.07, 6.45) is -1.43. The van der Waals surface area contributed by atoms with Crippen molar-refractivity contribution in [3.63, 3.8) is 0 Å². The molecule has 9 rings (SSSR count). The number of nitrogens with one attached hydrogen (secondary N) is 2. The average Bonchev–Trinajstić information content (AvgIpc) is 3.75. The highest BCUT2D eigenvalue weighted by Gasteiger charge is 2.67. The summed E-state index contributed by atoms with van der Waals surface area (Å²) in [5.41, 5.74) is -1.70. The minimum absolute atomic E-state index is 0.0248. The van der Waals surface area contributed by atoms with Gasteiger partial charge < -0.3 is 10.4 Å².